The van der Waals surface area contributed by atoms with Crippen LogP contribution >= 0.6 is 11.6 Å². The zero-order chi connectivity index (χ0) is 15.8. The summed E-state index contributed by atoms with van der Waals surface area (Å²) in [5, 5.41) is 4.93. The van der Waals surface area contributed by atoms with Crippen molar-refractivity contribution in [1.82, 2.24) is 0 Å². The molecule has 0 atom stereocenters. The van der Waals surface area contributed by atoms with Crippen LogP contribution in [0.5, 0.6) is 0 Å². The van der Waals surface area contributed by atoms with Gasteiger partial charge in [0.05, 0.1) is 5.71 Å². The molecule has 0 heterocycles. The van der Waals surface area contributed by atoms with Gasteiger partial charge in [-0.05, 0) is 30.2 Å². The van der Waals surface area contributed by atoms with Gasteiger partial charge in [-0.3, -0.25) is 0 Å². The minimum Gasteiger partial charge on any atom is -0.398 e. The van der Waals surface area contributed by atoms with Crippen molar-refractivity contribution < 1.29 is 4.84 Å². The van der Waals surface area contributed by atoms with Gasteiger partial charge in [0.15, 0.2) is 0 Å². The monoisotopic (exact) mass is 316 g/mol. The average Bonchev–Trinajstić information content (AvgIpc) is 2.54. The molecule has 0 radical (unpaired) electrons. The Kier molecular flexibility index (Phi) is 6.28. The van der Waals surface area contributed by atoms with Crippen LogP contribution in [-0.4, -0.2) is 12.3 Å². The predicted octanol–water partition coefficient (Wildman–Crippen LogP) is 4.69. The molecule has 0 aliphatic heterocycles. The Labute approximate surface area is 136 Å². The van der Waals surface area contributed by atoms with Crippen molar-refractivity contribution in [2.24, 2.45) is 5.16 Å². The van der Waals surface area contributed by atoms with Crippen LogP contribution in [0.25, 0.3) is 0 Å². The largest absolute Gasteiger partial charge is 0.398 e. The Morgan fingerprint density at radius 2 is 1.95 bits per heavy atom. The smallest absolute Gasteiger partial charge is 0.121 e. The number of nitrogens with two attached hydrogens (primary N) is 1. The van der Waals surface area contributed by atoms with E-state index >= 15 is 0 Å². The van der Waals surface area contributed by atoms with E-state index in [0.29, 0.717) is 17.3 Å². The van der Waals surface area contributed by atoms with Crippen LogP contribution < -0.4 is 5.73 Å². The maximum absolute atomic E-state index is 6.05. The lowest BCUT2D eigenvalue weighted by atomic mass is 10.0. The molecule has 0 fully saturated rings. The highest BCUT2D eigenvalue weighted by Gasteiger charge is 2.09. The van der Waals surface area contributed by atoms with Crippen LogP contribution in [0, 0.1) is 0 Å². The first kappa shape index (κ1) is 16.4. The van der Waals surface area contributed by atoms with Crippen molar-refractivity contribution in [3.8, 4) is 0 Å². The topological polar surface area (TPSA) is 47.6 Å². The molecule has 0 saturated carbocycles. The Bertz CT molecular complexity index is 626. The van der Waals surface area contributed by atoms with E-state index in [1.807, 2.05) is 24.3 Å². The Hall–Kier alpha value is -2.00. The lowest BCUT2D eigenvalue weighted by Gasteiger charge is -2.09. The number of hydrogen-bond donors (Lipinski definition) is 1. The standard InChI is InChI=1S/C18H21ClN2O/c1-2-6-18(16-13-15(19)9-10-17(16)20)21-22-12-11-14-7-4-3-5-8-14/h3-5,7-10,13H,2,6,11-12,20H2,1H3/b21-18+. The van der Waals surface area contributed by atoms with Crippen molar-refractivity contribution >= 4 is 23.0 Å². The third-order valence-corrected chi connectivity index (χ3v) is 3.55. The number of oxime groups is 1. The van der Waals surface area contributed by atoms with Crippen molar-refractivity contribution in [1.29, 1.82) is 0 Å². The Morgan fingerprint density at radius 1 is 1.18 bits per heavy atom. The first-order valence-corrected chi connectivity index (χ1v) is 7.86. The van der Waals surface area contributed by atoms with E-state index in [4.69, 9.17) is 22.2 Å². The molecule has 22 heavy (non-hydrogen) atoms. The Balaban J connectivity index is 2.02. The fourth-order valence-corrected chi connectivity index (χ4v) is 2.35. The molecule has 0 unspecified atom stereocenters. The molecular formula is C18H21ClN2O. The molecule has 0 saturated heterocycles. The van der Waals surface area contributed by atoms with Gasteiger partial charge in [0.2, 0.25) is 0 Å². The van der Waals surface area contributed by atoms with Crippen LogP contribution in [0.1, 0.15) is 30.9 Å². The summed E-state index contributed by atoms with van der Waals surface area (Å²) in [6, 6.07) is 15.6. The normalized spacial score (nSPS) is 11.5. The van der Waals surface area contributed by atoms with Crippen molar-refractivity contribution in [2.45, 2.75) is 26.2 Å². The van der Waals surface area contributed by atoms with Gasteiger partial charge in [-0.1, -0.05) is 60.4 Å². The third-order valence-electron chi connectivity index (χ3n) is 3.31. The summed E-state index contributed by atoms with van der Waals surface area (Å²) in [7, 11) is 0. The molecule has 0 aromatic heterocycles. The van der Waals surface area contributed by atoms with Crippen LogP contribution in [0.15, 0.2) is 53.7 Å². The van der Waals surface area contributed by atoms with E-state index < -0.39 is 0 Å². The van der Waals surface area contributed by atoms with E-state index in [-0.39, 0.29) is 0 Å². The highest BCUT2D eigenvalue weighted by atomic mass is 35.5. The fraction of sp³-hybridized carbons (Fsp3) is 0.278. The molecule has 0 bridgehead atoms. The van der Waals surface area contributed by atoms with Crippen molar-refractivity contribution in [3.05, 3.63) is 64.7 Å². The maximum Gasteiger partial charge on any atom is 0.121 e. The highest BCUT2D eigenvalue weighted by Crippen LogP contribution is 2.20. The molecule has 0 spiro atoms. The Morgan fingerprint density at radius 3 is 2.68 bits per heavy atom. The number of anilines is 1. The van der Waals surface area contributed by atoms with Crippen LogP contribution in [-0.2, 0) is 11.3 Å². The van der Waals surface area contributed by atoms with E-state index in [1.165, 1.54) is 5.56 Å². The van der Waals surface area contributed by atoms with Crippen LogP contribution in [0.3, 0.4) is 0 Å². The number of hydrogen-bond acceptors (Lipinski definition) is 3. The van der Waals surface area contributed by atoms with Gasteiger partial charge in [0.1, 0.15) is 6.61 Å². The number of nitrogen functional groups attached to an aromatic ring is 1. The maximum atomic E-state index is 6.05. The molecule has 0 aliphatic rings. The van der Waals surface area contributed by atoms with Crippen LogP contribution in [0.2, 0.25) is 5.02 Å². The second-order valence-electron chi connectivity index (χ2n) is 5.09. The second-order valence-corrected chi connectivity index (χ2v) is 5.52. The molecule has 2 rings (SSSR count). The van der Waals surface area contributed by atoms with Gasteiger partial charge in [0, 0.05) is 22.7 Å². The first-order chi connectivity index (χ1) is 10.7. The van der Waals surface area contributed by atoms with Crippen LogP contribution in [0.4, 0.5) is 5.69 Å². The van der Waals surface area contributed by atoms with E-state index in [2.05, 4.69) is 24.2 Å². The second kappa shape index (κ2) is 8.44. The number of nitrogens with zero attached hydrogens (tertiary/aromatic N) is 1. The van der Waals surface area contributed by atoms with Gasteiger partial charge >= 0.3 is 0 Å². The zero-order valence-corrected chi connectivity index (χ0v) is 13.5. The summed E-state index contributed by atoms with van der Waals surface area (Å²) in [5.74, 6) is 0. The molecule has 0 amide bonds. The van der Waals surface area contributed by atoms with Gasteiger partial charge in [-0.2, -0.15) is 0 Å². The van der Waals surface area contributed by atoms with Crippen molar-refractivity contribution in [2.75, 3.05) is 12.3 Å². The highest BCUT2D eigenvalue weighted by molar-refractivity contribution is 6.31. The zero-order valence-electron chi connectivity index (χ0n) is 12.8. The number of halogens is 1. The molecule has 2 aromatic carbocycles. The minimum absolute atomic E-state index is 0.539. The summed E-state index contributed by atoms with van der Waals surface area (Å²) < 4.78 is 0. The van der Waals surface area contributed by atoms with Gasteiger partial charge < -0.3 is 10.6 Å². The molecular weight excluding hydrogens is 296 g/mol. The van der Waals surface area contributed by atoms with E-state index in [9.17, 15) is 0 Å². The van der Waals surface area contributed by atoms with Gasteiger partial charge in [-0.25, -0.2) is 0 Å². The summed E-state index contributed by atoms with van der Waals surface area (Å²) in [4.78, 5) is 5.49. The molecule has 4 heteroatoms. The van der Waals surface area contributed by atoms with E-state index in [0.717, 1.165) is 30.5 Å². The molecule has 116 valence electrons. The number of benzene rings is 2. The number of rotatable bonds is 7. The van der Waals surface area contributed by atoms with Gasteiger partial charge in [-0.15, -0.1) is 0 Å². The molecule has 2 N–H and O–H groups in total. The summed E-state index contributed by atoms with van der Waals surface area (Å²) in [6.45, 7) is 2.64. The SMILES string of the molecule is CCC/C(=N\OCCc1ccccc1)c1cc(Cl)ccc1N. The van der Waals surface area contributed by atoms with E-state index in [1.54, 1.807) is 12.1 Å². The molecule has 2 aromatic rings. The third kappa shape index (κ3) is 4.78. The molecule has 0 aliphatic carbocycles. The average molecular weight is 317 g/mol. The van der Waals surface area contributed by atoms with Crippen molar-refractivity contribution in [3.63, 3.8) is 0 Å². The quantitative estimate of drug-likeness (QED) is 0.349. The summed E-state index contributed by atoms with van der Waals surface area (Å²) >= 11 is 6.05. The minimum atomic E-state index is 0.539. The van der Waals surface area contributed by atoms with Gasteiger partial charge in [0.25, 0.3) is 0 Å². The summed E-state index contributed by atoms with van der Waals surface area (Å²) in [6.07, 6.45) is 2.59. The lowest BCUT2D eigenvalue weighted by molar-refractivity contribution is 0.147. The lowest BCUT2D eigenvalue weighted by Crippen LogP contribution is -2.07. The summed E-state index contributed by atoms with van der Waals surface area (Å²) in [5.41, 5.74) is 9.62. The predicted molar refractivity (Wildman–Crippen MR) is 93.4 cm³/mol. The fourth-order valence-electron chi connectivity index (χ4n) is 2.18. The molecule has 3 nitrogen and oxygen atoms in total. The first-order valence-electron chi connectivity index (χ1n) is 7.49.